The Morgan fingerprint density at radius 3 is 2.74 bits per heavy atom. The molecule has 2 aromatic rings. The topological polar surface area (TPSA) is 71.8 Å². The van der Waals surface area contributed by atoms with Crippen molar-refractivity contribution in [2.24, 2.45) is 0 Å². The van der Waals surface area contributed by atoms with Crippen molar-refractivity contribution >= 4 is 33.5 Å². The van der Waals surface area contributed by atoms with Crippen molar-refractivity contribution in [2.45, 2.75) is 24.8 Å². The average Bonchev–Trinajstić information content (AvgIpc) is 2.38. The fourth-order valence-electron chi connectivity index (χ4n) is 1.30. The number of nitrogen functional groups attached to an aromatic ring is 1. The monoisotopic (exact) mass is 341 g/mol. The number of nitrogens with zero attached hydrogens (tertiary/aromatic N) is 1. The Morgan fingerprint density at radius 1 is 1.37 bits per heavy atom. The van der Waals surface area contributed by atoms with Gasteiger partial charge >= 0.3 is 0 Å². The summed E-state index contributed by atoms with van der Waals surface area (Å²) < 4.78 is 1.03. The van der Waals surface area contributed by atoms with Crippen LogP contribution in [0.15, 0.2) is 44.8 Å². The minimum absolute atomic E-state index is 0.228. The molecule has 4 nitrogen and oxygen atoms in total. The Hall–Kier alpha value is -1.27. The number of aromatic nitrogens is 2. The van der Waals surface area contributed by atoms with Gasteiger partial charge in [0.15, 0.2) is 5.16 Å². The minimum Gasteiger partial charge on any atom is -0.383 e. The first kappa shape index (κ1) is 15.8. The molecule has 6 heteroatoms. The van der Waals surface area contributed by atoms with Gasteiger partial charge in [-0.3, -0.25) is 4.79 Å². The molecule has 3 N–H and O–H groups in total. The Bertz CT molecular complexity index is 586. The van der Waals surface area contributed by atoms with Gasteiger partial charge < -0.3 is 10.7 Å². The van der Waals surface area contributed by atoms with Crippen molar-refractivity contribution in [3.8, 4) is 0 Å². The molecule has 0 radical (unpaired) electrons. The molecule has 0 bridgehead atoms. The molecule has 19 heavy (non-hydrogen) atoms. The van der Waals surface area contributed by atoms with Crippen molar-refractivity contribution < 1.29 is 0 Å². The van der Waals surface area contributed by atoms with E-state index in [-0.39, 0.29) is 11.4 Å². The summed E-state index contributed by atoms with van der Waals surface area (Å²) >= 11 is 4.85. The molecule has 0 spiro atoms. The standard InChI is InChI=1S/C11H10BrN3OS.C2H6/c12-8-3-1-2-7(4-8)6-17-11-14-9(13)5-10(16)15-11;1-2/h1-5H,6H2,(H3,13,14,15,16);1-2H3. The van der Waals surface area contributed by atoms with Crippen LogP contribution in [0.2, 0.25) is 0 Å². The van der Waals surface area contributed by atoms with E-state index in [1.54, 1.807) is 0 Å². The summed E-state index contributed by atoms with van der Waals surface area (Å²) in [6.07, 6.45) is 0. The Kier molecular flexibility index (Phi) is 6.66. The van der Waals surface area contributed by atoms with E-state index in [1.165, 1.54) is 17.8 Å². The molecule has 0 fully saturated rings. The van der Waals surface area contributed by atoms with Crippen molar-refractivity contribution in [3.05, 3.63) is 50.7 Å². The summed E-state index contributed by atoms with van der Waals surface area (Å²) in [4.78, 5) is 17.9. The lowest BCUT2D eigenvalue weighted by Crippen LogP contribution is -2.09. The van der Waals surface area contributed by atoms with E-state index in [0.29, 0.717) is 5.16 Å². The van der Waals surface area contributed by atoms with Gasteiger partial charge in [-0.1, -0.05) is 53.7 Å². The van der Waals surface area contributed by atoms with E-state index in [0.717, 1.165) is 15.8 Å². The van der Waals surface area contributed by atoms with E-state index < -0.39 is 0 Å². The average molecular weight is 342 g/mol. The van der Waals surface area contributed by atoms with Gasteiger partial charge in [0.25, 0.3) is 5.56 Å². The van der Waals surface area contributed by atoms with E-state index in [9.17, 15) is 4.79 Å². The molecule has 1 heterocycles. The van der Waals surface area contributed by atoms with E-state index in [2.05, 4.69) is 25.9 Å². The maximum absolute atomic E-state index is 11.2. The fraction of sp³-hybridized carbons (Fsp3) is 0.231. The van der Waals surface area contributed by atoms with Crippen molar-refractivity contribution in [3.63, 3.8) is 0 Å². The molecule has 0 aliphatic heterocycles. The summed E-state index contributed by atoms with van der Waals surface area (Å²) in [6, 6.07) is 9.24. The normalized spacial score (nSPS) is 9.63. The van der Waals surface area contributed by atoms with Crippen LogP contribution < -0.4 is 11.3 Å². The first-order valence-electron chi connectivity index (χ1n) is 5.87. The van der Waals surface area contributed by atoms with Gasteiger partial charge in [0.2, 0.25) is 0 Å². The zero-order chi connectivity index (χ0) is 14.3. The van der Waals surface area contributed by atoms with Gasteiger partial charge in [-0.2, -0.15) is 0 Å². The van der Waals surface area contributed by atoms with Gasteiger partial charge in [0.1, 0.15) is 5.82 Å². The molecule has 0 aliphatic carbocycles. The SMILES string of the molecule is CC.Nc1cc(=O)[nH]c(SCc2cccc(Br)c2)n1. The highest BCUT2D eigenvalue weighted by Gasteiger charge is 2.01. The van der Waals surface area contributed by atoms with Crippen LogP contribution in [0.5, 0.6) is 0 Å². The fourth-order valence-corrected chi connectivity index (χ4v) is 2.57. The number of benzene rings is 1. The third kappa shape index (κ3) is 5.48. The predicted octanol–water partition coefficient (Wildman–Crippen LogP) is 3.43. The number of anilines is 1. The molecule has 1 aromatic heterocycles. The molecule has 0 saturated heterocycles. The van der Waals surface area contributed by atoms with Crippen LogP contribution in [-0.4, -0.2) is 9.97 Å². The number of rotatable bonds is 3. The number of halogens is 1. The maximum Gasteiger partial charge on any atom is 0.253 e. The molecule has 0 amide bonds. The van der Waals surface area contributed by atoms with Gasteiger partial charge in [-0.15, -0.1) is 0 Å². The van der Waals surface area contributed by atoms with Gasteiger partial charge in [-0.05, 0) is 17.7 Å². The lowest BCUT2D eigenvalue weighted by molar-refractivity contribution is 0.945. The first-order valence-corrected chi connectivity index (χ1v) is 7.65. The van der Waals surface area contributed by atoms with Crippen LogP contribution >= 0.6 is 27.7 Å². The molecular weight excluding hydrogens is 326 g/mol. The molecule has 2 rings (SSSR count). The number of thioether (sulfide) groups is 1. The summed E-state index contributed by atoms with van der Waals surface area (Å²) in [7, 11) is 0. The lowest BCUT2D eigenvalue weighted by atomic mass is 10.2. The zero-order valence-electron chi connectivity index (χ0n) is 10.8. The van der Waals surface area contributed by atoms with E-state index in [4.69, 9.17) is 5.73 Å². The minimum atomic E-state index is -0.228. The highest BCUT2D eigenvalue weighted by molar-refractivity contribution is 9.10. The van der Waals surface area contributed by atoms with Crippen LogP contribution in [0.4, 0.5) is 5.82 Å². The molecule has 102 valence electrons. The summed E-state index contributed by atoms with van der Waals surface area (Å²) in [6.45, 7) is 4.00. The Balaban J connectivity index is 0.000000861. The molecule has 0 atom stereocenters. The molecular formula is C13H16BrN3OS. The smallest absolute Gasteiger partial charge is 0.253 e. The number of nitrogens with one attached hydrogen (secondary N) is 1. The zero-order valence-corrected chi connectivity index (χ0v) is 13.2. The predicted molar refractivity (Wildman–Crippen MR) is 84.3 cm³/mol. The van der Waals surface area contributed by atoms with Crippen LogP contribution in [0.1, 0.15) is 19.4 Å². The van der Waals surface area contributed by atoms with Gasteiger partial charge in [0.05, 0.1) is 0 Å². The first-order chi connectivity index (χ1) is 9.13. The second-order valence-corrected chi connectivity index (χ2v) is 5.27. The quantitative estimate of drug-likeness (QED) is 0.662. The van der Waals surface area contributed by atoms with Crippen LogP contribution in [0.25, 0.3) is 0 Å². The summed E-state index contributed by atoms with van der Waals surface area (Å²) in [5.74, 6) is 0.969. The largest absolute Gasteiger partial charge is 0.383 e. The number of hydrogen-bond donors (Lipinski definition) is 2. The van der Waals surface area contributed by atoms with Crippen LogP contribution in [0, 0.1) is 0 Å². The molecule has 0 aliphatic rings. The highest BCUT2D eigenvalue weighted by Crippen LogP contribution is 2.20. The van der Waals surface area contributed by atoms with Crippen molar-refractivity contribution in [1.82, 2.24) is 9.97 Å². The second-order valence-electron chi connectivity index (χ2n) is 3.39. The van der Waals surface area contributed by atoms with Crippen molar-refractivity contribution in [1.29, 1.82) is 0 Å². The van der Waals surface area contributed by atoms with Crippen LogP contribution in [-0.2, 0) is 5.75 Å². The number of aromatic amines is 1. The Labute approximate surface area is 125 Å². The van der Waals surface area contributed by atoms with Crippen molar-refractivity contribution in [2.75, 3.05) is 5.73 Å². The number of nitrogens with two attached hydrogens (primary N) is 1. The molecule has 0 unspecified atom stereocenters. The van der Waals surface area contributed by atoms with E-state index in [1.807, 2.05) is 38.1 Å². The van der Waals surface area contributed by atoms with E-state index >= 15 is 0 Å². The summed E-state index contributed by atoms with van der Waals surface area (Å²) in [5, 5.41) is 0.537. The van der Waals surface area contributed by atoms with Gasteiger partial charge in [-0.25, -0.2) is 4.98 Å². The lowest BCUT2D eigenvalue weighted by Gasteiger charge is -2.02. The highest BCUT2D eigenvalue weighted by atomic mass is 79.9. The molecule has 1 aromatic carbocycles. The number of H-pyrrole nitrogens is 1. The number of hydrogen-bond acceptors (Lipinski definition) is 4. The Morgan fingerprint density at radius 2 is 2.11 bits per heavy atom. The van der Waals surface area contributed by atoms with Gasteiger partial charge in [0, 0.05) is 16.3 Å². The van der Waals surface area contributed by atoms with Crippen LogP contribution in [0.3, 0.4) is 0 Å². The second kappa shape index (κ2) is 8.01. The summed E-state index contributed by atoms with van der Waals surface area (Å²) in [5.41, 5.74) is 6.42. The third-order valence-electron chi connectivity index (χ3n) is 2.00. The molecule has 0 saturated carbocycles. The maximum atomic E-state index is 11.2. The third-order valence-corrected chi connectivity index (χ3v) is 3.44.